The zero-order valence-electron chi connectivity index (χ0n) is 11.4. The van der Waals surface area contributed by atoms with E-state index >= 15 is 0 Å². The lowest BCUT2D eigenvalue weighted by atomic mass is 10.1. The van der Waals surface area contributed by atoms with Crippen molar-refractivity contribution in [2.75, 3.05) is 6.54 Å². The first-order valence-electron chi connectivity index (χ1n) is 6.73. The Hall–Kier alpha value is -1.59. The van der Waals surface area contributed by atoms with Crippen molar-refractivity contribution in [3.8, 4) is 0 Å². The Balaban J connectivity index is 1.71. The van der Waals surface area contributed by atoms with Crippen LogP contribution in [0.5, 0.6) is 0 Å². The zero-order chi connectivity index (χ0) is 14.5. The van der Waals surface area contributed by atoms with E-state index in [1.54, 1.807) is 0 Å². The first-order chi connectivity index (χ1) is 9.54. The van der Waals surface area contributed by atoms with Gasteiger partial charge in [-0.15, -0.1) is 0 Å². The van der Waals surface area contributed by atoms with Gasteiger partial charge in [0, 0.05) is 16.6 Å². The number of nitrogens with two attached hydrogens (primary N) is 1. The van der Waals surface area contributed by atoms with Crippen LogP contribution in [0.15, 0.2) is 24.3 Å². The summed E-state index contributed by atoms with van der Waals surface area (Å²) >= 11 is 5.83. The zero-order valence-corrected chi connectivity index (χ0v) is 12.1. The molecule has 3 amide bonds. The lowest BCUT2D eigenvalue weighted by Gasteiger charge is -2.11. The molecule has 20 heavy (non-hydrogen) atoms. The van der Waals surface area contributed by atoms with Crippen molar-refractivity contribution < 1.29 is 14.9 Å². The van der Waals surface area contributed by atoms with Gasteiger partial charge in [0.15, 0.2) is 6.54 Å². The highest BCUT2D eigenvalue weighted by Crippen LogP contribution is 2.18. The molecule has 0 saturated heterocycles. The van der Waals surface area contributed by atoms with E-state index in [9.17, 15) is 9.59 Å². The van der Waals surface area contributed by atoms with Crippen molar-refractivity contribution in [2.24, 2.45) is 0 Å². The van der Waals surface area contributed by atoms with Crippen LogP contribution in [-0.4, -0.2) is 24.5 Å². The summed E-state index contributed by atoms with van der Waals surface area (Å²) in [6.45, 7) is 2.21. The van der Waals surface area contributed by atoms with E-state index < -0.39 is 6.03 Å². The quantitative estimate of drug-likeness (QED) is 0.757. The van der Waals surface area contributed by atoms with Crippen LogP contribution in [0, 0.1) is 0 Å². The molecule has 0 radical (unpaired) electrons. The van der Waals surface area contributed by atoms with E-state index in [-0.39, 0.29) is 24.5 Å². The van der Waals surface area contributed by atoms with E-state index in [1.165, 1.54) is 0 Å². The third kappa shape index (κ3) is 4.83. The molecule has 0 unspecified atom stereocenters. The summed E-state index contributed by atoms with van der Waals surface area (Å²) in [6.07, 6.45) is 2.00. The lowest BCUT2D eigenvalue weighted by molar-refractivity contribution is -0.682. The molecule has 1 aromatic rings. The molecule has 5 nitrogen and oxygen atoms in total. The normalized spacial score (nSPS) is 15.5. The predicted molar refractivity (Wildman–Crippen MR) is 76.4 cm³/mol. The molecular formula is C14H19ClN3O2+. The van der Waals surface area contributed by atoms with Crippen LogP contribution in [0.4, 0.5) is 4.79 Å². The number of imide groups is 1. The molecule has 0 heterocycles. The highest BCUT2D eigenvalue weighted by Gasteiger charge is 2.24. The average molecular weight is 297 g/mol. The second-order valence-electron chi connectivity index (χ2n) is 5.08. The van der Waals surface area contributed by atoms with Crippen LogP contribution >= 0.6 is 11.6 Å². The van der Waals surface area contributed by atoms with Gasteiger partial charge in [-0.3, -0.25) is 10.1 Å². The van der Waals surface area contributed by atoms with Crippen molar-refractivity contribution in [3.63, 3.8) is 0 Å². The smallest absolute Gasteiger partial charge is 0.321 e. The van der Waals surface area contributed by atoms with Crippen LogP contribution in [0.3, 0.4) is 0 Å². The largest absolute Gasteiger partial charge is 0.335 e. The Morgan fingerprint density at radius 1 is 1.35 bits per heavy atom. The number of hydrogen-bond donors (Lipinski definition) is 3. The van der Waals surface area contributed by atoms with Crippen molar-refractivity contribution >= 4 is 23.5 Å². The van der Waals surface area contributed by atoms with Gasteiger partial charge in [-0.1, -0.05) is 23.7 Å². The maximum Gasteiger partial charge on any atom is 0.321 e. The first-order valence-corrected chi connectivity index (χ1v) is 7.11. The second-order valence-corrected chi connectivity index (χ2v) is 5.51. The van der Waals surface area contributed by atoms with Crippen molar-refractivity contribution in [1.29, 1.82) is 0 Å². The highest BCUT2D eigenvalue weighted by atomic mass is 35.5. The highest BCUT2D eigenvalue weighted by molar-refractivity contribution is 6.30. The molecular weight excluding hydrogens is 278 g/mol. The van der Waals surface area contributed by atoms with E-state index in [0.717, 1.165) is 18.4 Å². The number of carbonyl (C=O) groups is 2. The monoisotopic (exact) mass is 296 g/mol. The molecule has 0 aromatic heterocycles. The summed E-state index contributed by atoms with van der Waals surface area (Å²) in [4.78, 5) is 23.0. The Bertz CT molecular complexity index is 486. The number of quaternary nitrogens is 1. The van der Waals surface area contributed by atoms with E-state index in [1.807, 2.05) is 36.5 Å². The van der Waals surface area contributed by atoms with Crippen LogP contribution in [0.25, 0.3) is 0 Å². The van der Waals surface area contributed by atoms with Gasteiger partial charge >= 0.3 is 6.03 Å². The maximum atomic E-state index is 11.6. The van der Waals surface area contributed by atoms with Gasteiger partial charge in [0.1, 0.15) is 6.04 Å². The number of urea groups is 1. The van der Waals surface area contributed by atoms with Gasteiger partial charge < -0.3 is 10.6 Å². The number of rotatable bonds is 5. The maximum absolute atomic E-state index is 11.6. The first kappa shape index (κ1) is 14.8. The molecule has 1 fully saturated rings. The molecule has 1 aromatic carbocycles. The summed E-state index contributed by atoms with van der Waals surface area (Å²) in [5, 5.41) is 7.60. The minimum atomic E-state index is -0.398. The van der Waals surface area contributed by atoms with Crippen LogP contribution in [0.2, 0.25) is 5.02 Å². The van der Waals surface area contributed by atoms with E-state index in [2.05, 4.69) is 10.6 Å². The molecule has 4 N–H and O–H groups in total. The molecule has 0 bridgehead atoms. The number of benzene rings is 1. The van der Waals surface area contributed by atoms with Gasteiger partial charge in [-0.25, -0.2) is 4.79 Å². The summed E-state index contributed by atoms with van der Waals surface area (Å²) in [5.74, 6) is -0.288. The Labute approximate surface area is 123 Å². The molecule has 6 heteroatoms. The number of carbonyl (C=O) groups excluding carboxylic acids is 2. The van der Waals surface area contributed by atoms with Crippen molar-refractivity contribution in [1.82, 2.24) is 10.6 Å². The fourth-order valence-electron chi connectivity index (χ4n) is 1.81. The van der Waals surface area contributed by atoms with Gasteiger partial charge in [-0.2, -0.15) is 0 Å². The molecule has 1 aliphatic rings. The topological polar surface area (TPSA) is 74.8 Å². The molecule has 0 aliphatic heterocycles. The second kappa shape index (κ2) is 6.72. The lowest BCUT2D eigenvalue weighted by Crippen LogP contribution is -2.87. The van der Waals surface area contributed by atoms with Gasteiger partial charge in [-0.05, 0) is 31.9 Å². The molecule has 1 atom stereocenters. The minimum absolute atomic E-state index is 0.129. The van der Waals surface area contributed by atoms with Crippen LogP contribution in [0.1, 0.15) is 31.4 Å². The summed E-state index contributed by atoms with van der Waals surface area (Å²) in [6, 6.07) is 7.49. The van der Waals surface area contributed by atoms with Crippen molar-refractivity contribution in [3.05, 3.63) is 34.9 Å². The van der Waals surface area contributed by atoms with Gasteiger partial charge in [0.05, 0.1) is 0 Å². The molecule has 0 spiro atoms. The minimum Gasteiger partial charge on any atom is -0.335 e. The number of halogens is 1. The number of nitrogens with one attached hydrogen (secondary N) is 2. The Morgan fingerprint density at radius 2 is 2.00 bits per heavy atom. The average Bonchev–Trinajstić information content (AvgIpc) is 3.20. The van der Waals surface area contributed by atoms with Crippen LogP contribution < -0.4 is 16.0 Å². The molecule has 1 aliphatic carbocycles. The SMILES string of the molecule is C[C@H]([NH2+]CC(=O)NC(=O)NC1CC1)c1ccc(Cl)cc1. The predicted octanol–water partition coefficient (Wildman–Crippen LogP) is 0.953. The summed E-state index contributed by atoms with van der Waals surface area (Å²) < 4.78 is 0. The third-order valence-electron chi connectivity index (χ3n) is 3.22. The van der Waals surface area contributed by atoms with Crippen molar-refractivity contribution in [2.45, 2.75) is 31.8 Å². The van der Waals surface area contributed by atoms with Gasteiger partial charge in [0.2, 0.25) is 0 Å². The molecule has 108 valence electrons. The molecule has 2 rings (SSSR count). The van der Waals surface area contributed by atoms with E-state index in [0.29, 0.717) is 5.02 Å². The summed E-state index contributed by atoms with van der Waals surface area (Å²) in [7, 11) is 0. The van der Waals surface area contributed by atoms with Crippen LogP contribution in [-0.2, 0) is 4.79 Å². The standard InChI is InChI=1S/C14H18ClN3O2/c1-9(10-2-4-11(15)5-3-10)16-8-13(19)18-14(20)17-12-6-7-12/h2-5,9,12,16H,6-8H2,1H3,(H2,17,18,19,20)/p+1/t9-/m0/s1. The Morgan fingerprint density at radius 3 is 2.60 bits per heavy atom. The third-order valence-corrected chi connectivity index (χ3v) is 3.47. The number of hydrogen-bond acceptors (Lipinski definition) is 2. The van der Waals surface area contributed by atoms with Gasteiger partial charge in [0.25, 0.3) is 5.91 Å². The molecule has 1 saturated carbocycles. The summed E-state index contributed by atoms with van der Waals surface area (Å²) in [5.41, 5.74) is 1.09. The Kier molecular flexibility index (Phi) is 4.98. The number of amides is 3. The van der Waals surface area contributed by atoms with E-state index in [4.69, 9.17) is 11.6 Å². The fraction of sp³-hybridized carbons (Fsp3) is 0.429. The fourth-order valence-corrected chi connectivity index (χ4v) is 1.94.